The number of hydrogen-bond acceptors (Lipinski definition) is 2. The highest BCUT2D eigenvalue weighted by Gasteiger charge is 2.31. The van der Waals surface area contributed by atoms with Crippen LogP contribution in [0.15, 0.2) is 53.0 Å². The van der Waals surface area contributed by atoms with Crippen molar-refractivity contribution >= 4 is 27.5 Å². The molecule has 1 N–H and O–H groups in total. The van der Waals surface area contributed by atoms with E-state index in [0.717, 1.165) is 36.2 Å². The number of rotatable bonds is 4. The summed E-state index contributed by atoms with van der Waals surface area (Å²) in [4.78, 5) is 14.7. The molecule has 1 amide bonds. The topological polar surface area (TPSA) is 32.3 Å². The molecule has 0 saturated carbocycles. The average molecular weight is 441 g/mol. The molecule has 1 saturated heterocycles. The Morgan fingerprint density at radius 1 is 1.11 bits per heavy atom. The Morgan fingerprint density at radius 3 is 2.48 bits per heavy atom. The largest absolute Gasteiger partial charge is 0.416 e. The molecule has 27 heavy (non-hydrogen) atoms. The zero-order chi connectivity index (χ0) is 19.4. The Hall–Kier alpha value is -1.86. The minimum atomic E-state index is -4.42. The summed E-state index contributed by atoms with van der Waals surface area (Å²) in [5.41, 5.74) is 0.631. The van der Waals surface area contributed by atoms with Gasteiger partial charge in [-0.2, -0.15) is 13.2 Å². The van der Waals surface area contributed by atoms with Crippen molar-refractivity contribution in [1.82, 2.24) is 4.90 Å². The molecule has 144 valence electrons. The second-order valence-corrected chi connectivity index (χ2v) is 7.66. The predicted octanol–water partition coefficient (Wildman–Crippen LogP) is 5.32. The summed E-state index contributed by atoms with van der Waals surface area (Å²) >= 11 is 3.46. The SMILES string of the molecule is O=C(Nc1cccc(C(F)(F)F)c1)C1CCN(Cc2cccc(Br)c2)CC1. The summed E-state index contributed by atoms with van der Waals surface area (Å²) in [6.45, 7) is 2.39. The van der Waals surface area contributed by atoms with Crippen LogP contribution in [-0.2, 0) is 17.5 Å². The average Bonchev–Trinajstić information content (AvgIpc) is 2.62. The third kappa shape index (κ3) is 5.56. The number of nitrogens with zero attached hydrogens (tertiary/aromatic N) is 1. The summed E-state index contributed by atoms with van der Waals surface area (Å²) in [6, 6.07) is 12.9. The van der Waals surface area contributed by atoms with Gasteiger partial charge in [-0.1, -0.05) is 34.1 Å². The normalized spacial score (nSPS) is 16.3. The van der Waals surface area contributed by atoms with E-state index in [2.05, 4.69) is 38.3 Å². The van der Waals surface area contributed by atoms with Gasteiger partial charge >= 0.3 is 6.18 Å². The van der Waals surface area contributed by atoms with Gasteiger partial charge < -0.3 is 5.32 Å². The number of likely N-dealkylation sites (tertiary alicyclic amines) is 1. The monoisotopic (exact) mass is 440 g/mol. The van der Waals surface area contributed by atoms with Gasteiger partial charge in [0.15, 0.2) is 0 Å². The molecule has 1 aliphatic rings. The van der Waals surface area contributed by atoms with E-state index in [1.807, 2.05) is 12.1 Å². The van der Waals surface area contributed by atoms with Crippen molar-refractivity contribution in [2.75, 3.05) is 18.4 Å². The van der Waals surface area contributed by atoms with Gasteiger partial charge in [0, 0.05) is 22.6 Å². The Balaban J connectivity index is 1.53. The first-order chi connectivity index (χ1) is 12.8. The molecule has 3 nitrogen and oxygen atoms in total. The number of anilines is 1. The van der Waals surface area contributed by atoms with Gasteiger partial charge in [-0.15, -0.1) is 0 Å². The smallest absolute Gasteiger partial charge is 0.326 e. The molecule has 7 heteroatoms. The fraction of sp³-hybridized carbons (Fsp3) is 0.350. The number of carbonyl (C=O) groups excluding carboxylic acids is 1. The van der Waals surface area contributed by atoms with E-state index >= 15 is 0 Å². The summed E-state index contributed by atoms with van der Waals surface area (Å²) < 4.78 is 39.4. The Kier molecular flexibility index (Phi) is 6.22. The number of carbonyl (C=O) groups is 1. The maximum Gasteiger partial charge on any atom is 0.416 e. The highest BCUT2D eigenvalue weighted by Crippen LogP contribution is 2.31. The van der Waals surface area contributed by atoms with Gasteiger partial charge in [-0.05, 0) is 61.8 Å². The van der Waals surface area contributed by atoms with Crippen LogP contribution in [0.1, 0.15) is 24.0 Å². The zero-order valence-corrected chi connectivity index (χ0v) is 16.2. The van der Waals surface area contributed by atoms with E-state index in [4.69, 9.17) is 0 Å². The van der Waals surface area contributed by atoms with Crippen LogP contribution >= 0.6 is 15.9 Å². The molecule has 0 radical (unpaired) electrons. The van der Waals surface area contributed by atoms with Crippen LogP contribution in [0.25, 0.3) is 0 Å². The lowest BCUT2D eigenvalue weighted by atomic mass is 9.95. The van der Waals surface area contributed by atoms with E-state index in [1.165, 1.54) is 17.7 Å². The number of alkyl halides is 3. The molecule has 0 spiro atoms. The lowest BCUT2D eigenvalue weighted by Gasteiger charge is -2.31. The van der Waals surface area contributed by atoms with Crippen molar-refractivity contribution in [2.24, 2.45) is 5.92 Å². The molecular weight excluding hydrogens is 421 g/mol. The van der Waals surface area contributed by atoms with Crippen LogP contribution in [0.5, 0.6) is 0 Å². The molecule has 0 bridgehead atoms. The molecule has 0 aliphatic carbocycles. The first-order valence-corrected chi connectivity index (χ1v) is 9.55. The number of hydrogen-bond donors (Lipinski definition) is 1. The molecule has 2 aromatic carbocycles. The van der Waals surface area contributed by atoms with Gasteiger partial charge in [-0.25, -0.2) is 0 Å². The van der Waals surface area contributed by atoms with Gasteiger partial charge in [-0.3, -0.25) is 9.69 Å². The van der Waals surface area contributed by atoms with Crippen LogP contribution in [0.4, 0.5) is 18.9 Å². The zero-order valence-electron chi connectivity index (χ0n) is 14.6. The van der Waals surface area contributed by atoms with Crippen molar-refractivity contribution in [3.63, 3.8) is 0 Å². The van der Waals surface area contributed by atoms with Crippen molar-refractivity contribution < 1.29 is 18.0 Å². The second kappa shape index (κ2) is 8.44. The number of benzene rings is 2. The van der Waals surface area contributed by atoms with E-state index in [9.17, 15) is 18.0 Å². The molecule has 0 aromatic heterocycles. The molecule has 1 fully saturated rings. The van der Waals surface area contributed by atoms with Crippen molar-refractivity contribution in [1.29, 1.82) is 0 Å². The summed E-state index contributed by atoms with van der Waals surface area (Å²) in [6.07, 6.45) is -3.03. The molecule has 1 heterocycles. The standard InChI is InChI=1S/C20H20BrF3N2O/c21-17-5-1-3-14(11-17)13-26-9-7-15(8-10-26)19(27)25-18-6-2-4-16(12-18)20(22,23)24/h1-6,11-12,15H,7-10,13H2,(H,25,27). The predicted molar refractivity (Wildman–Crippen MR) is 102 cm³/mol. The molecule has 1 aliphatic heterocycles. The highest BCUT2D eigenvalue weighted by atomic mass is 79.9. The molecule has 3 rings (SSSR count). The van der Waals surface area contributed by atoms with Crippen LogP contribution in [0, 0.1) is 5.92 Å². The Bertz CT molecular complexity index is 802. The fourth-order valence-electron chi connectivity index (χ4n) is 3.26. The Labute approximate surface area is 164 Å². The number of nitrogens with one attached hydrogen (secondary N) is 1. The van der Waals surface area contributed by atoms with Gasteiger partial charge in [0.2, 0.25) is 5.91 Å². The van der Waals surface area contributed by atoms with Gasteiger partial charge in [0.05, 0.1) is 5.56 Å². The van der Waals surface area contributed by atoms with Crippen LogP contribution in [0.3, 0.4) is 0 Å². The second-order valence-electron chi connectivity index (χ2n) is 6.75. The number of piperidine rings is 1. The summed E-state index contributed by atoms with van der Waals surface area (Å²) in [5.74, 6) is -0.394. The third-order valence-electron chi connectivity index (χ3n) is 4.71. The van der Waals surface area contributed by atoms with Crippen LogP contribution in [-0.4, -0.2) is 23.9 Å². The maximum atomic E-state index is 12.8. The van der Waals surface area contributed by atoms with Crippen molar-refractivity contribution in [3.8, 4) is 0 Å². The Morgan fingerprint density at radius 2 is 1.81 bits per heavy atom. The first-order valence-electron chi connectivity index (χ1n) is 8.76. The van der Waals surface area contributed by atoms with E-state index < -0.39 is 11.7 Å². The quantitative estimate of drug-likeness (QED) is 0.697. The van der Waals surface area contributed by atoms with Gasteiger partial charge in [0.25, 0.3) is 0 Å². The minimum absolute atomic E-state index is 0.182. The highest BCUT2D eigenvalue weighted by molar-refractivity contribution is 9.10. The summed E-state index contributed by atoms with van der Waals surface area (Å²) in [5, 5.41) is 2.63. The number of halogens is 4. The first kappa shape index (κ1) is 19.9. The number of amides is 1. The van der Waals surface area contributed by atoms with Crippen LogP contribution < -0.4 is 5.32 Å². The van der Waals surface area contributed by atoms with E-state index in [1.54, 1.807) is 0 Å². The molecular formula is C20H20BrF3N2O. The minimum Gasteiger partial charge on any atom is -0.326 e. The maximum absolute atomic E-state index is 12.8. The van der Waals surface area contributed by atoms with Crippen LogP contribution in [0.2, 0.25) is 0 Å². The molecule has 2 aromatic rings. The van der Waals surface area contributed by atoms with E-state index in [0.29, 0.717) is 12.8 Å². The fourth-order valence-corrected chi connectivity index (χ4v) is 3.71. The molecule has 0 atom stereocenters. The summed E-state index contributed by atoms with van der Waals surface area (Å²) in [7, 11) is 0. The van der Waals surface area contributed by atoms with E-state index in [-0.39, 0.29) is 17.5 Å². The van der Waals surface area contributed by atoms with Crippen molar-refractivity contribution in [3.05, 3.63) is 64.1 Å². The molecule has 0 unspecified atom stereocenters. The third-order valence-corrected chi connectivity index (χ3v) is 5.20. The lowest BCUT2D eigenvalue weighted by molar-refractivity contribution is -0.137. The lowest BCUT2D eigenvalue weighted by Crippen LogP contribution is -2.37. The van der Waals surface area contributed by atoms with Gasteiger partial charge in [0.1, 0.15) is 0 Å². The van der Waals surface area contributed by atoms with Crippen molar-refractivity contribution in [2.45, 2.75) is 25.6 Å².